The number of benzene rings is 5. The van der Waals surface area contributed by atoms with Crippen molar-refractivity contribution in [3.8, 4) is 68.6 Å². The van der Waals surface area contributed by atoms with Gasteiger partial charge in [0.2, 0.25) is 0 Å². The number of rotatable bonds is 21. The van der Waals surface area contributed by atoms with Crippen LogP contribution in [-0.2, 0) is 14.6 Å². The Labute approximate surface area is 390 Å². The second-order valence-electron chi connectivity index (χ2n) is 14.2. The van der Waals surface area contributed by atoms with Gasteiger partial charge >= 0.3 is 7.60 Å². The van der Waals surface area contributed by atoms with Crippen LogP contribution in [0.4, 0.5) is 8.78 Å². The summed E-state index contributed by atoms with van der Waals surface area (Å²) in [6.45, 7) is 0.463. The number of ether oxygens (including phenoxy) is 2. The Morgan fingerprint density at radius 3 is 1.65 bits per heavy atom. The highest BCUT2D eigenvalue weighted by Crippen LogP contribution is 2.48. The van der Waals surface area contributed by atoms with Crippen molar-refractivity contribution >= 4 is 40.8 Å². The first-order valence-electron chi connectivity index (χ1n) is 19.9. The first-order valence-corrected chi connectivity index (χ1v) is 24.0. The Kier molecular flexibility index (Phi) is 16.1. The largest absolute Gasteiger partial charge is 0.504 e. The molecule has 0 saturated carbocycles. The molecule has 0 fully saturated rings. The lowest BCUT2D eigenvalue weighted by atomic mass is 10.1. The molecule has 0 spiro atoms. The molecule has 0 saturated heterocycles. The summed E-state index contributed by atoms with van der Waals surface area (Å²) in [5.41, 5.74) is 0.00499. The van der Waals surface area contributed by atoms with E-state index < -0.39 is 70.4 Å². The number of amides is 2. The fourth-order valence-corrected chi connectivity index (χ4v) is 10.2. The van der Waals surface area contributed by atoms with Crippen LogP contribution in [0.5, 0.6) is 46.0 Å². The lowest BCUT2D eigenvalue weighted by Gasteiger charge is -2.20. The average Bonchev–Trinajstić information content (AvgIpc) is 3.82. The molecule has 0 aliphatic heterocycles. The van der Waals surface area contributed by atoms with E-state index in [1.165, 1.54) is 36.4 Å². The van der Waals surface area contributed by atoms with Crippen molar-refractivity contribution in [2.45, 2.75) is 17.1 Å². The SMILES string of the molecule is N#Cc1ccc(OP(=O)(CNS(=O)(=O)c2ccc(-c3ccc(OCCCNC(=O)c4ccc(O)c(O)c4)c(OCCCNC(=O)c4ccc(O)c(O)c4)c3)s2)Oc2ccc(C#N)c(F)c2)cc1F. The molecule has 0 aliphatic rings. The number of thiophene rings is 1. The monoisotopic (exact) mass is 989 g/mol. The molecule has 0 radical (unpaired) electrons. The van der Waals surface area contributed by atoms with Crippen molar-refractivity contribution in [2.24, 2.45) is 0 Å². The summed E-state index contributed by atoms with van der Waals surface area (Å²) < 4.78 is 95.2. The van der Waals surface area contributed by atoms with E-state index in [1.807, 2.05) is 0 Å². The van der Waals surface area contributed by atoms with E-state index in [2.05, 4.69) is 15.4 Å². The second kappa shape index (κ2) is 22.1. The van der Waals surface area contributed by atoms with Crippen LogP contribution in [0.15, 0.2) is 107 Å². The molecule has 0 aliphatic carbocycles. The molecule has 0 bridgehead atoms. The van der Waals surface area contributed by atoms with Crippen LogP contribution in [-0.4, -0.2) is 73.2 Å². The topological polar surface area (TPSA) is 287 Å². The number of carbonyl (C=O) groups excluding carboxylic acids is 2. The minimum absolute atomic E-state index is 0.0544. The maximum absolute atomic E-state index is 14.5. The number of hydrogen-bond acceptors (Lipinski definition) is 16. The summed E-state index contributed by atoms with van der Waals surface area (Å²) in [7, 11) is -9.19. The number of hydrogen-bond donors (Lipinski definition) is 7. The van der Waals surface area contributed by atoms with Crippen LogP contribution in [0.2, 0.25) is 0 Å². The Bertz CT molecular complexity index is 3040. The third-order valence-corrected chi connectivity index (χ3v) is 14.1. The van der Waals surface area contributed by atoms with Crippen molar-refractivity contribution in [3.05, 3.63) is 137 Å². The van der Waals surface area contributed by atoms with E-state index in [4.69, 9.17) is 29.0 Å². The quantitative estimate of drug-likeness (QED) is 0.0212. The van der Waals surface area contributed by atoms with Crippen LogP contribution in [0.3, 0.4) is 0 Å². The molecule has 0 atom stereocenters. The molecule has 6 rings (SSSR count). The smallest absolute Gasteiger partial charge is 0.445 e. The minimum atomic E-state index is -4.70. The van der Waals surface area contributed by atoms with Crippen LogP contribution in [0, 0.1) is 34.3 Å². The van der Waals surface area contributed by atoms with Gasteiger partial charge in [0.25, 0.3) is 21.8 Å². The molecule has 352 valence electrons. The van der Waals surface area contributed by atoms with Crippen LogP contribution >= 0.6 is 18.9 Å². The highest BCUT2D eigenvalue weighted by atomic mass is 32.2. The van der Waals surface area contributed by atoms with Gasteiger partial charge in [-0.05, 0) is 109 Å². The molecule has 1 aromatic heterocycles. The number of nitriles is 2. The van der Waals surface area contributed by atoms with Gasteiger partial charge in [0, 0.05) is 41.2 Å². The Balaban J connectivity index is 1.15. The Morgan fingerprint density at radius 1 is 0.647 bits per heavy atom. The summed E-state index contributed by atoms with van der Waals surface area (Å²) in [5, 5.41) is 62.1. The maximum atomic E-state index is 14.5. The summed E-state index contributed by atoms with van der Waals surface area (Å²) in [5.74, 6) is -5.03. The van der Waals surface area contributed by atoms with E-state index in [0.29, 0.717) is 23.3 Å². The van der Waals surface area contributed by atoms with Crippen molar-refractivity contribution in [3.63, 3.8) is 0 Å². The van der Waals surface area contributed by atoms with E-state index in [0.717, 1.165) is 59.9 Å². The molecule has 5 aromatic carbocycles. The summed E-state index contributed by atoms with van der Waals surface area (Å²) in [6.07, 6.45) is -0.423. The Morgan fingerprint density at radius 2 is 1.16 bits per heavy atom. The molecule has 1 heterocycles. The zero-order valence-corrected chi connectivity index (χ0v) is 37.7. The van der Waals surface area contributed by atoms with E-state index >= 15 is 0 Å². The molecule has 7 N–H and O–H groups in total. The van der Waals surface area contributed by atoms with Gasteiger partial charge in [-0.2, -0.15) is 15.2 Å². The predicted molar refractivity (Wildman–Crippen MR) is 240 cm³/mol. The number of phenols is 4. The molecule has 2 amide bonds. The first kappa shape index (κ1) is 49.6. The number of aromatic hydroxyl groups is 4. The summed E-state index contributed by atoms with van der Waals surface area (Å²) in [6, 6.07) is 23.8. The second-order valence-corrected chi connectivity index (χ2v) is 19.2. The number of halogens is 2. The van der Waals surface area contributed by atoms with Gasteiger partial charge in [-0.15, -0.1) is 11.3 Å². The number of carbonyl (C=O) groups is 2. The highest BCUT2D eigenvalue weighted by molar-refractivity contribution is 7.92. The van der Waals surface area contributed by atoms with Crippen LogP contribution in [0.1, 0.15) is 44.7 Å². The number of phenolic OH excluding ortho intramolecular Hbond substituents is 4. The summed E-state index contributed by atoms with van der Waals surface area (Å²) >= 11 is 0.811. The molecular formula is C45H38F2N5O13PS2. The standard InChI is InChI=1S/C45H38F2N5O13PS2/c46-34-22-32(8-3-30(34)24-48)64-66(59,65-33-9-4-31(25-49)35(47)23-33)26-52-68(60,61)43-14-13-42(67-43)27-7-12-40(62-17-1-15-50-44(57)28-5-10-36(53)38(55)19-28)41(21-27)63-18-2-16-51-45(58)29-6-11-37(54)39(56)20-29/h3-14,19-23,52-56H,1-2,15-18,26H2,(H,50,57)(H,51,58). The molecule has 23 heteroatoms. The van der Waals surface area contributed by atoms with E-state index in [1.54, 1.807) is 30.3 Å². The van der Waals surface area contributed by atoms with Crippen molar-refractivity contribution in [1.82, 2.24) is 15.4 Å². The molecular weight excluding hydrogens is 952 g/mol. The third-order valence-electron chi connectivity index (χ3n) is 9.34. The molecule has 0 unspecified atom stereocenters. The molecule has 6 aromatic rings. The van der Waals surface area contributed by atoms with Gasteiger partial charge in [0.15, 0.2) is 34.5 Å². The van der Waals surface area contributed by atoms with E-state index in [9.17, 15) is 51.8 Å². The van der Waals surface area contributed by atoms with Gasteiger partial charge in [-0.3, -0.25) is 9.59 Å². The van der Waals surface area contributed by atoms with Crippen LogP contribution < -0.4 is 33.9 Å². The fourth-order valence-electron chi connectivity index (χ4n) is 5.89. The normalized spacial score (nSPS) is 11.2. The number of sulfonamides is 1. The van der Waals surface area contributed by atoms with Crippen LogP contribution in [0.25, 0.3) is 10.4 Å². The average molecular weight is 990 g/mol. The maximum Gasteiger partial charge on any atom is 0.445 e. The van der Waals surface area contributed by atoms with Gasteiger partial charge in [0.1, 0.15) is 45.8 Å². The third kappa shape index (κ3) is 12.9. The van der Waals surface area contributed by atoms with Gasteiger partial charge in [0.05, 0.1) is 24.3 Å². The van der Waals surface area contributed by atoms with Gasteiger partial charge in [-0.1, -0.05) is 0 Å². The highest BCUT2D eigenvalue weighted by Gasteiger charge is 2.32. The lowest BCUT2D eigenvalue weighted by molar-refractivity contribution is 0.0942. The fraction of sp³-hybridized carbons (Fsp3) is 0.156. The van der Waals surface area contributed by atoms with E-state index in [-0.39, 0.29) is 75.8 Å². The summed E-state index contributed by atoms with van der Waals surface area (Å²) in [4.78, 5) is 25.5. The lowest BCUT2D eigenvalue weighted by Crippen LogP contribution is -2.26. The first-order chi connectivity index (χ1) is 32.5. The van der Waals surface area contributed by atoms with Gasteiger partial charge in [-0.25, -0.2) is 21.8 Å². The molecule has 68 heavy (non-hydrogen) atoms. The van der Waals surface area contributed by atoms with Gasteiger partial charge < -0.3 is 49.6 Å². The Hall–Kier alpha value is -7.88. The minimum Gasteiger partial charge on any atom is -0.504 e. The molecule has 18 nitrogen and oxygen atoms in total. The number of nitrogens with one attached hydrogen (secondary N) is 3. The predicted octanol–water partition coefficient (Wildman–Crippen LogP) is 7.24. The van der Waals surface area contributed by atoms with Crippen molar-refractivity contribution in [2.75, 3.05) is 32.6 Å². The van der Waals surface area contributed by atoms with Crippen molar-refractivity contribution in [1.29, 1.82) is 10.5 Å². The zero-order valence-electron chi connectivity index (χ0n) is 35.1. The van der Waals surface area contributed by atoms with Crippen molar-refractivity contribution < 1.29 is 70.3 Å². The zero-order chi connectivity index (χ0) is 49.0. The number of nitrogens with zero attached hydrogens (tertiary/aromatic N) is 2.